The molecule has 0 N–H and O–H groups in total. The Bertz CT molecular complexity index is 873. The van der Waals surface area contributed by atoms with E-state index in [0.717, 1.165) is 22.3 Å². The molecule has 0 radical (unpaired) electrons. The molecular weight excluding hydrogens is 346 g/mol. The Morgan fingerprint density at radius 1 is 1.08 bits per heavy atom. The van der Waals surface area contributed by atoms with Crippen LogP contribution in [0.4, 0.5) is 0 Å². The summed E-state index contributed by atoms with van der Waals surface area (Å²) in [5.41, 5.74) is 4.29. The molecule has 0 unspecified atom stereocenters. The molecule has 3 aromatic rings. The smallest absolute Gasteiger partial charge is 0.277 e. The van der Waals surface area contributed by atoms with Crippen molar-refractivity contribution < 1.29 is 9.21 Å². The Morgan fingerprint density at radius 2 is 1.77 bits per heavy atom. The zero-order valence-electron chi connectivity index (χ0n) is 15.1. The van der Waals surface area contributed by atoms with Gasteiger partial charge in [-0.15, -0.1) is 10.2 Å². The number of nitrogens with zero attached hydrogens (tertiary/aromatic N) is 3. The minimum absolute atomic E-state index is 0.0185. The van der Waals surface area contributed by atoms with E-state index in [0.29, 0.717) is 17.7 Å². The number of rotatable bonds is 6. The van der Waals surface area contributed by atoms with E-state index in [-0.39, 0.29) is 11.7 Å². The number of aromatic nitrogens is 2. The summed E-state index contributed by atoms with van der Waals surface area (Å²) in [6.07, 6.45) is 0. The maximum Gasteiger partial charge on any atom is 0.277 e. The van der Waals surface area contributed by atoms with Gasteiger partial charge in [-0.1, -0.05) is 59.3 Å². The highest BCUT2D eigenvalue weighted by atomic mass is 32.2. The molecule has 0 atom stereocenters. The average Bonchev–Trinajstić information content (AvgIpc) is 3.09. The maximum atomic E-state index is 12.3. The Balaban J connectivity index is 1.58. The largest absolute Gasteiger partial charge is 0.411 e. The molecule has 134 valence electrons. The first-order valence-corrected chi connectivity index (χ1v) is 9.32. The lowest BCUT2D eigenvalue weighted by Gasteiger charge is -2.16. The average molecular weight is 367 g/mol. The molecule has 1 heterocycles. The predicted octanol–water partition coefficient (Wildman–Crippen LogP) is 4.10. The highest BCUT2D eigenvalue weighted by molar-refractivity contribution is 7.99. The molecule has 0 aliphatic carbocycles. The van der Waals surface area contributed by atoms with Crippen molar-refractivity contribution in [3.05, 3.63) is 65.2 Å². The third-order valence-corrected chi connectivity index (χ3v) is 4.69. The van der Waals surface area contributed by atoms with E-state index < -0.39 is 0 Å². The topological polar surface area (TPSA) is 59.2 Å². The van der Waals surface area contributed by atoms with Gasteiger partial charge in [0.05, 0.1) is 5.75 Å². The van der Waals surface area contributed by atoms with Gasteiger partial charge in [-0.25, -0.2) is 0 Å². The summed E-state index contributed by atoms with van der Waals surface area (Å²) in [6, 6.07) is 16.0. The van der Waals surface area contributed by atoms with Crippen LogP contribution in [0.3, 0.4) is 0 Å². The number of carbonyl (C=O) groups excluding carboxylic acids is 1. The van der Waals surface area contributed by atoms with Crippen LogP contribution >= 0.6 is 11.8 Å². The van der Waals surface area contributed by atoms with E-state index in [9.17, 15) is 4.79 Å². The van der Waals surface area contributed by atoms with Gasteiger partial charge < -0.3 is 9.32 Å². The predicted molar refractivity (Wildman–Crippen MR) is 103 cm³/mol. The van der Waals surface area contributed by atoms with Crippen molar-refractivity contribution in [3.63, 3.8) is 0 Å². The number of thioether (sulfide) groups is 1. The minimum Gasteiger partial charge on any atom is -0.411 e. The minimum atomic E-state index is 0.0185. The molecule has 3 rings (SSSR count). The molecule has 0 saturated carbocycles. The second-order valence-electron chi connectivity index (χ2n) is 6.27. The highest BCUT2D eigenvalue weighted by Gasteiger charge is 2.14. The van der Waals surface area contributed by atoms with Gasteiger partial charge in [0.25, 0.3) is 5.22 Å². The lowest BCUT2D eigenvalue weighted by molar-refractivity contribution is -0.127. The first-order chi connectivity index (χ1) is 12.5. The fraction of sp³-hybridized carbons (Fsp3) is 0.250. The zero-order valence-corrected chi connectivity index (χ0v) is 15.9. The van der Waals surface area contributed by atoms with Gasteiger partial charge in [-0.2, -0.15) is 0 Å². The van der Waals surface area contributed by atoms with Gasteiger partial charge in [0.1, 0.15) is 0 Å². The summed E-state index contributed by atoms with van der Waals surface area (Å²) in [7, 11) is 1.80. The Hall–Kier alpha value is -2.60. The van der Waals surface area contributed by atoms with E-state index >= 15 is 0 Å². The summed E-state index contributed by atoms with van der Waals surface area (Å²) >= 11 is 1.26. The van der Waals surface area contributed by atoms with Crippen LogP contribution in [0, 0.1) is 13.8 Å². The Morgan fingerprint density at radius 3 is 2.46 bits per heavy atom. The molecule has 1 amide bonds. The molecule has 0 aliphatic heterocycles. The van der Waals surface area contributed by atoms with Crippen molar-refractivity contribution in [1.82, 2.24) is 15.1 Å². The number of amides is 1. The van der Waals surface area contributed by atoms with Crippen LogP contribution in [0.1, 0.15) is 16.7 Å². The van der Waals surface area contributed by atoms with Crippen molar-refractivity contribution in [1.29, 1.82) is 0 Å². The van der Waals surface area contributed by atoms with Crippen LogP contribution in [0.15, 0.2) is 58.2 Å². The summed E-state index contributed by atoms with van der Waals surface area (Å²) in [5.74, 6) is 0.757. The van der Waals surface area contributed by atoms with Gasteiger partial charge in [0.2, 0.25) is 11.8 Å². The fourth-order valence-electron chi connectivity index (χ4n) is 2.66. The molecule has 6 heteroatoms. The summed E-state index contributed by atoms with van der Waals surface area (Å²) in [6.45, 7) is 4.64. The zero-order chi connectivity index (χ0) is 18.5. The van der Waals surface area contributed by atoms with Crippen LogP contribution < -0.4 is 0 Å². The van der Waals surface area contributed by atoms with Gasteiger partial charge in [-0.3, -0.25) is 4.79 Å². The molecule has 0 saturated heterocycles. The summed E-state index contributed by atoms with van der Waals surface area (Å²) in [4.78, 5) is 14.0. The Labute approximate surface area is 157 Å². The van der Waals surface area contributed by atoms with Gasteiger partial charge in [0.15, 0.2) is 0 Å². The SMILES string of the molecule is Cc1cc(C)cc(-c2nnc(SCC(=O)N(C)Cc3ccccc3)o2)c1. The number of hydrogen-bond acceptors (Lipinski definition) is 5. The molecular formula is C20H21N3O2S. The van der Waals surface area contributed by atoms with E-state index in [1.807, 2.05) is 56.3 Å². The number of aryl methyl sites for hydroxylation is 2. The van der Waals surface area contributed by atoms with Crippen LogP contribution in [0.5, 0.6) is 0 Å². The first kappa shape index (κ1) is 18.2. The molecule has 1 aromatic heterocycles. The molecule has 2 aromatic carbocycles. The van der Waals surface area contributed by atoms with E-state index in [1.165, 1.54) is 11.8 Å². The lowest BCUT2D eigenvalue weighted by Crippen LogP contribution is -2.27. The monoisotopic (exact) mass is 367 g/mol. The van der Waals surface area contributed by atoms with Crippen LogP contribution in [-0.2, 0) is 11.3 Å². The third kappa shape index (κ3) is 4.73. The number of hydrogen-bond donors (Lipinski definition) is 0. The number of benzene rings is 2. The van der Waals surface area contributed by atoms with Crippen molar-refractivity contribution in [2.24, 2.45) is 0 Å². The summed E-state index contributed by atoms with van der Waals surface area (Å²) < 4.78 is 5.70. The van der Waals surface area contributed by atoms with Crippen molar-refractivity contribution in [2.75, 3.05) is 12.8 Å². The van der Waals surface area contributed by atoms with Gasteiger partial charge >= 0.3 is 0 Å². The Kier molecular flexibility index (Phi) is 5.73. The molecule has 0 aliphatic rings. The molecule has 5 nitrogen and oxygen atoms in total. The molecule has 26 heavy (non-hydrogen) atoms. The van der Waals surface area contributed by atoms with Gasteiger partial charge in [-0.05, 0) is 31.5 Å². The molecule has 0 fully saturated rings. The van der Waals surface area contributed by atoms with Crippen LogP contribution in [0.2, 0.25) is 0 Å². The van der Waals surface area contributed by atoms with Crippen LogP contribution in [-0.4, -0.2) is 33.8 Å². The van der Waals surface area contributed by atoms with Gasteiger partial charge in [0, 0.05) is 19.2 Å². The lowest BCUT2D eigenvalue weighted by atomic mass is 10.1. The van der Waals surface area contributed by atoms with Crippen molar-refractivity contribution >= 4 is 17.7 Å². The molecule has 0 spiro atoms. The summed E-state index contributed by atoms with van der Waals surface area (Å²) in [5, 5.41) is 8.54. The van der Waals surface area contributed by atoms with E-state index in [1.54, 1.807) is 11.9 Å². The highest BCUT2D eigenvalue weighted by Crippen LogP contribution is 2.25. The van der Waals surface area contributed by atoms with Crippen molar-refractivity contribution in [2.45, 2.75) is 25.6 Å². The van der Waals surface area contributed by atoms with E-state index in [4.69, 9.17) is 4.42 Å². The normalized spacial score (nSPS) is 10.7. The second kappa shape index (κ2) is 8.19. The van der Waals surface area contributed by atoms with Crippen molar-refractivity contribution in [3.8, 4) is 11.5 Å². The third-order valence-electron chi connectivity index (χ3n) is 3.88. The maximum absolute atomic E-state index is 12.3. The van der Waals surface area contributed by atoms with Crippen LogP contribution in [0.25, 0.3) is 11.5 Å². The second-order valence-corrected chi connectivity index (χ2v) is 7.20. The first-order valence-electron chi connectivity index (χ1n) is 8.34. The molecule has 0 bridgehead atoms. The fourth-order valence-corrected chi connectivity index (χ4v) is 3.37. The standard InChI is InChI=1S/C20H21N3O2S/c1-14-9-15(2)11-17(10-14)19-21-22-20(25-19)26-13-18(24)23(3)12-16-7-5-4-6-8-16/h4-11H,12-13H2,1-3H3. The van der Waals surface area contributed by atoms with E-state index in [2.05, 4.69) is 16.3 Å². The quantitative estimate of drug-likeness (QED) is 0.614. The number of carbonyl (C=O) groups is 1.